The van der Waals surface area contributed by atoms with Gasteiger partial charge in [0.15, 0.2) is 0 Å². The Morgan fingerprint density at radius 2 is 1.84 bits per heavy atom. The number of halogens is 1. The number of aromatic nitrogens is 5. The number of benzene rings is 3. The molecule has 3 N–H and O–H groups in total. The largest absolute Gasteiger partial charge is 0.493 e. The van der Waals surface area contributed by atoms with Gasteiger partial charge in [-0.2, -0.15) is 10.2 Å². The van der Waals surface area contributed by atoms with Crippen LogP contribution in [0, 0.1) is 6.92 Å². The highest BCUT2D eigenvalue weighted by molar-refractivity contribution is 7.98. The van der Waals surface area contributed by atoms with Gasteiger partial charge in [0.05, 0.1) is 47.4 Å². The van der Waals surface area contributed by atoms with Crippen LogP contribution in [-0.4, -0.2) is 53.5 Å². The summed E-state index contributed by atoms with van der Waals surface area (Å²) in [6, 6.07) is 18.4. The number of nitrogens with one attached hydrogen (secondary N) is 1. The normalized spacial score (nSPS) is 13.7. The second-order valence-corrected chi connectivity index (χ2v) is 13.6. The smallest absolute Gasteiger partial charge is 0.352 e. The number of hydrogen-bond acceptors (Lipinski definition) is 7. The van der Waals surface area contributed by atoms with Gasteiger partial charge in [0, 0.05) is 65.4 Å². The van der Waals surface area contributed by atoms with Crippen molar-refractivity contribution in [1.29, 1.82) is 0 Å². The van der Waals surface area contributed by atoms with E-state index in [9.17, 15) is 15.0 Å². The first-order valence-electron chi connectivity index (χ1n) is 17.0. The number of fused-ring (bicyclic) bond motifs is 8. The lowest BCUT2D eigenvalue weighted by atomic mass is 9.98. The summed E-state index contributed by atoms with van der Waals surface area (Å²) < 4.78 is 11.9. The lowest BCUT2D eigenvalue weighted by molar-refractivity contribution is 0.0685. The van der Waals surface area contributed by atoms with E-state index in [0.717, 1.165) is 77.5 Å². The third-order valence-electron chi connectivity index (χ3n) is 9.04. The monoisotopic (exact) mass is 714 g/mol. The summed E-state index contributed by atoms with van der Waals surface area (Å²) in [4.78, 5) is 13.9. The Morgan fingerprint density at radius 1 is 1.04 bits per heavy atom. The van der Waals surface area contributed by atoms with E-state index in [-0.39, 0.29) is 12.3 Å². The molecule has 1 aliphatic rings. The first-order chi connectivity index (χ1) is 24.2. The van der Waals surface area contributed by atoms with Crippen LogP contribution in [-0.2, 0) is 45.9 Å². The first-order valence-corrected chi connectivity index (χ1v) is 18.3. The molecule has 6 aromatic rings. The third kappa shape index (κ3) is 6.75. The number of nitrogens with zero attached hydrogens (tertiary/aromatic N) is 5. The van der Waals surface area contributed by atoms with Gasteiger partial charge in [0.2, 0.25) is 0 Å². The number of aromatic carboxylic acids is 1. The van der Waals surface area contributed by atoms with E-state index in [1.54, 1.807) is 28.1 Å². The summed E-state index contributed by atoms with van der Waals surface area (Å²) in [5.74, 6) is 0.552. The average Bonchev–Trinajstić information content (AvgIpc) is 3.72. The van der Waals surface area contributed by atoms with Crippen LogP contribution in [0.15, 0.2) is 59.5 Å². The quantitative estimate of drug-likeness (QED) is 0.172. The molecule has 3 aromatic heterocycles. The van der Waals surface area contributed by atoms with Crippen LogP contribution in [0.25, 0.3) is 32.8 Å². The van der Waals surface area contributed by atoms with Crippen LogP contribution in [0.4, 0.5) is 0 Å². The Labute approximate surface area is 301 Å². The van der Waals surface area contributed by atoms with Gasteiger partial charge in [-0.15, -0.1) is 11.8 Å². The molecule has 262 valence electrons. The zero-order chi connectivity index (χ0) is 35.5. The molecule has 0 amide bonds. The summed E-state index contributed by atoms with van der Waals surface area (Å²) in [7, 11) is 3.75. The van der Waals surface area contributed by atoms with Crippen molar-refractivity contribution in [2.75, 3.05) is 13.2 Å². The summed E-state index contributed by atoms with van der Waals surface area (Å²) in [6.45, 7) is 7.52. The number of thioether (sulfide) groups is 1. The Kier molecular flexibility index (Phi) is 10.9. The van der Waals surface area contributed by atoms with Gasteiger partial charge in [-0.1, -0.05) is 55.8 Å². The molecule has 0 atom stereocenters. The molecule has 0 saturated carbocycles. The minimum atomic E-state index is -0.999. The fourth-order valence-corrected chi connectivity index (χ4v) is 8.15. The van der Waals surface area contributed by atoms with Crippen LogP contribution in [0.1, 0.15) is 59.1 Å². The Morgan fingerprint density at radius 3 is 2.62 bits per heavy atom. The van der Waals surface area contributed by atoms with Gasteiger partial charge in [0.25, 0.3) is 0 Å². The number of hydrogen-bond donors (Lipinski definition) is 3. The molecule has 0 aliphatic carbocycles. The lowest BCUT2D eigenvalue weighted by Gasteiger charge is -2.14. The van der Waals surface area contributed by atoms with Crippen molar-refractivity contribution in [3.63, 3.8) is 0 Å². The van der Waals surface area contributed by atoms with Crippen molar-refractivity contribution >= 4 is 51.0 Å². The van der Waals surface area contributed by atoms with Crippen molar-refractivity contribution in [2.24, 2.45) is 14.1 Å². The number of carboxylic acids is 1. The predicted molar refractivity (Wildman–Crippen MR) is 200 cm³/mol. The molecule has 0 radical (unpaired) electrons. The number of carbonyl (C=O) groups is 1. The fraction of sp³-hybridized carbons (Fsp3) is 0.342. The van der Waals surface area contributed by atoms with E-state index in [1.165, 1.54) is 0 Å². The number of aliphatic hydroxyl groups excluding tert-OH is 1. The fourth-order valence-electron chi connectivity index (χ4n) is 6.92. The molecule has 7 rings (SSSR count). The van der Waals surface area contributed by atoms with Crippen molar-refractivity contribution < 1.29 is 19.7 Å². The molecule has 12 heteroatoms. The first kappa shape index (κ1) is 35.5. The van der Waals surface area contributed by atoms with E-state index >= 15 is 0 Å². The number of rotatable bonds is 3. The molecule has 1 aliphatic heterocycles. The molecule has 0 saturated heterocycles. The van der Waals surface area contributed by atoms with Crippen LogP contribution in [0.5, 0.6) is 5.75 Å². The molecule has 0 spiro atoms. The summed E-state index contributed by atoms with van der Waals surface area (Å²) in [6.07, 6.45) is 1.12. The zero-order valence-corrected chi connectivity index (χ0v) is 30.7. The van der Waals surface area contributed by atoms with Crippen LogP contribution >= 0.6 is 23.4 Å². The molecule has 50 heavy (non-hydrogen) atoms. The van der Waals surface area contributed by atoms with Crippen LogP contribution in [0.2, 0.25) is 5.02 Å². The minimum Gasteiger partial charge on any atom is -0.493 e. The second-order valence-electron chi connectivity index (χ2n) is 12.1. The van der Waals surface area contributed by atoms with Crippen molar-refractivity contribution in [2.45, 2.75) is 63.9 Å². The van der Waals surface area contributed by atoms with Crippen LogP contribution in [0.3, 0.4) is 0 Å². The SMILES string of the molecule is CC.Cc1nn(CCO)c2c1-c1c(Cl)ccc3c(c(C(=O)O)n(C)c13)CCCOc1cc(cc3ccccc13)SCc1cc(nn1C)CNC2. The highest BCUT2D eigenvalue weighted by atomic mass is 35.5. The third-order valence-corrected chi connectivity index (χ3v) is 10.4. The summed E-state index contributed by atoms with van der Waals surface area (Å²) in [5, 5.41) is 36.9. The predicted octanol–water partition coefficient (Wildman–Crippen LogP) is 7.51. The van der Waals surface area contributed by atoms with Gasteiger partial charge >= 0.3 is 5.97 Å². The highest BCUT2D eigenvalue weighted by Gasteiger charge is 2.27. The summed E-state index contributed by atoms with van der Waals surface area (Å²) >= 11 is 8.73. The highest BCUT2D eigenvalue weighted by Crippen LogP contribution is 2.42. The van der Waals surface area contributed by atoms with Gasteiger partial charge in [-0.25, -0.2) is 4.79 Å². The van der Waals surface area contributed by atoms with Gasteiger partial charge < -0.3 is 24.8 Å². The standard InChI is InChI=1S/C36H37ClN6O4S.C2H6/c1-21-32-30(43(39-21)12-13-44)19-38-18-23-16-24(42(3)40-23)20-48-25-15-22-7-4-5-8-26(22)31(17-25)47-14-6-9-27-28-10-11-29(37)33(32)34(28)41(2)35(27)36(45)46;1-2/h4-5,7-8,10-11,15-17,38,44H,6,9,12-14,18-20H2,1-3H3,(H,45,46);1-2H3. The van der Waals surface area contributed by atoms with Gasteiger partial charge in [-0.05, 0) is 55.0 Å². The van der Waals surface area contributed by atoms with Crippen LogP contribution < -0.4 is 10.1 Å². The number of aliphatic hydroxyl groups is 1. The number of carboxylic acid groups (broad SMARTS) is 1. The topological polar surface area (TPSA) is 119 Å². The molecule has 3 aromatic carbocycles. The van der Waals surface area contributed by atoms with Gasteiger partial charge in [-0.3, -0.25) is 9.36 Å². The van der Waals surface area contributed by atoms with Crippen molar-refractivity contribution in [3.05, 3.63) is 93.7 Å². The molecule has 0 unspecified atom stereocenters. The average molecular weight is 715 g/mol. The maximum absolute atomic E-state index is 12.8. The Balaban J connectivity index is 0.00000212. The van der Waals surface area contributed by atoms with Crippen molar-refractivity contribution in [1.82, 2.24) is 29.4 Å². The maximum Gasteiger partial charge on any atom is 0.352 e. The van der Waals surface area contributed by atoms with E-state index in [2.05, 4.69) is 35.6 Å². The molecule has 8 bridgehead atoms. The molecule has 4 heterocycles. The van der Waals surface area contributed by atoms with E-state index in [4.69, 9.17) is 26.5 Å². The molecule has 0 fully saturated rings. The van der Waals surface area contributed by atoms with E-state index in [1.807, 2.05) is 56.8 Å². The van der Waals surface area contributed by atoms with E-state index < -0.39 is 5.97 Å². The lowest BCUT2D eigenvalue weighted by Crippen LogP contribution is -2.18. The Hall–Kier alpha value is -4.29. The second kappa shape index (κ2) is 15.3. The summed E-state index contributed by atoms with van der Waals surface area (Å²) in [5.41, 5.74) is 6.87. The zero-order valence-electron chi connectivity index (χ0n) is 29.1. The molecular formula is C38H43ClN6O4S. The Bertz CT molecular complexity index is 2190. The van der Waals surface area contributed by atoms with Crippen molar-refractivity contribution in [3.8, 4) is 16.9 Å². The van der Waals surface area contributed by atoms with E-state index in [0.29, 0.717) is 44.1 Å². The molecule has 10 nitrogen and oxygen atoms in total. The number of aryl methyl sites for hydroxylation is 4. The molecular weight excluding hydrogens is 672 g/mol. The minimum absolute atomic E-state index is 0.0790. The number of ether oxygens (including phenoxy) is 1. The van der Waals surface area contributed by atoms with Gasteiger partial charge in [0.1, 0.15) is 11.4 Å². The maximum atomic E-state index is 12.8.